The van der Waals surface area contributed by atoms with E-state index < -0.39 is 0 Å². The number of nitriles is 1. The van der Waals surface area contributed by atoms with Gasteiger partial charge >= 0.3 is 0 Å². The van der Waals surface area contributed by atoms with Crippen molar-refractivity contribution >= 4 is 17.5 Å². The van der Waals surface area contributed by atoms with Gasteiger partial charge in [-0.05, 0) is 38.4 Å². The van der Waals surface area contributed by atoms with Crippen molar-refractivity contribution < 1.29 is 0 Å². The molecule has 0 spiro atoms. The molecule has 4 heterocycles. The Morgan fingerprint density at radius 3 is 2.81 bits per heavy atom. The predicted molar refractivity (Wildman–Crippen MR) is 122 cm³/mol. The van der Waals surface area contributed by atoms with E-state index in [4.69, 9.17) is 4.98 Å². The van der Waals surface area contributed by atoms with Crippen molar-refractivity contribution in [3.63, 3.8) is 0 Å². The summed E-state index contributed by atoms with van der Waals surface area (Å²) in [6.07, 6.45) is 6.43. The Morgan fingerprint density at radius 2 is 2.00 bits per heavy atom. The van der Waals surface area contributed by atoms with Crippen LogP contribution in [0.4, 0.5) is 17.5 Å². The molecule has 3 aliphatic heterocycles. The highest BCUT2D eigenvalue weighted by atomic mass is 15.4. The average Bonchev–Trinajstić information content (AvgIpc) is 2.78. The Kier molecular flexibility index (Phi) is 5.51. The van der Waals surface area contributed by atoms with Gasteiger partial charge in [-0.3, -0.25) is 9.80 Å². The van der Waals surface area contributed by atoms with Crippen LogP contribution in [0.1, 0.15) is 31.2 Å². The monoisotopic (exact) mass is 417 g/mol. The molecule has 1 N–H and O–H groups in total. The molecule has 0 aliphatic carbocycles. The Balaban J connectivity index is 1.30. The van der Waals surface area contributed by atoms with Crippen LogP contribution in [0.25, 0.3) is 0 Å². The number of aryl methyl sites for hydroxylation is 1. The van der Waals surface area contributed by atoms with Crippen LogP contribution in [-0.4, -0.2) is 70.6 Å². The Hall–Kier alpha value is -2.69. The van der Waals surface area contributed by atoms with Crippen LogP contribution in [0.2, 0.25) is 0 Å². The van der Waals surface area contributed by atoms with E-state index in [2.05, 4.69) is 38.0 Å². The number of hydrogen-bond acceptors (Lipinski definition) is 7. The van der Waals surface area contributed by atoms with Gasteiger partial charge in [-0.1, -0.05) is 24.6 Å². The minimum atomic E-state index is -0.0529. The van der Waals surface area contributed by atoms with Gasteiger partial charge in [0.2, 0.25) is 5.95 Å². The third kappa shape index (κ3) is 3.98. The number of benzene rings is 1. The largest absolute Gasteiger partial charge is 0.352 e. The van der Waals surface area contributed by atoms with Gasteiger partial charge in [0.15, 0.2) is 0 Å². The zero-order valence-corrected chi connectivity index (χ0v) is 18.3. The van der Waals surface area contributed by atoms with E-state index in [1.807, 2.05) is 36.5 Å². The summed E-state index contributed by atoms with van der Waals surface area (Å²) < 4.78 is 0. The number of fused-ring (bicyclic) bond motifs is 1. The van der Waals surface area contributed by atoms with E-state index in [0.717, 1.165) is 49.8 Å². The van der Waals surface area contributed by atoms with Crippen molar-refractivity contribution in [2.45, 2.75) is 44.2 Å². The summed E-state index contributed by atoms with van der Waals surface area (Å²) in [4.78, 5) is 16.9. The number of piperidine rings is 1. The van der Waals surface area contributed by atoms with Gasteiger partial charge in [-0.15, -0.1) is 0 Å². The highest BCUT2D eigenvalue weighted by molar-refractivity contribution is 5.58. The second-order valence-electron chi connectivity index (χ2n) is 9.24. The quantitative estimate of drug-likeness (QED) is 0.801. The van der Waals surface area contributed by atoms with Gasteiger partial charge in [-0.25, -0.2) is 4.98 Å². The van der Waals surface area contributed by atoms with E-state index in [0.29, 0.717) is 18.4 Å². The third-order valence-corrected chi connectivity index (χ3v) is 7.16. The summed E-state index contributed by atoms with van der Waals surface area (Å²) in [5, 5.41) is 12.9. The smallest absolute Gasteiger partial charge is 0.229 e. The second-order valence-corrected chi connectivity index (χ2v) is 9.24. The number of para-hydroxylation sites is 1. The maximum Gasteiger partial charge on any atom is 0.229 e. The Bertz CT molecular complexity index is 948. The van der Waals surface area contributed by atoms with E-state index in [1.165, 1.54) is 25.8 Å². The molecule has 0 unspecified atom stereocenters. The van der Waals surface area contributed by atoms with Crippen LogP contribution in [0.3, 0.4) is 0 Å². The summed E-state index contributed by atoms with van der Waals surface area (Å²) >= 11 is 0. The zero-order chi connectivity index (χ0) is 21.3. The van der Waals surface area contributed by atoms with Crippen LogP contribution in [0.15, 0.2) is 36.5 Å². The van der Waals surface area contributed by atoms with Gasteiger partial charge in [0.1, 0.15) is 5.82 Å². The SMILES string of the molecule is Cc1cnc(Nc2ccccc2)nc1N1CC(CC#N)(N2CCN3CCCC[C@H]3C2)C1. The van der Waals surface area contributed by atoms with Crippen molar-refractivity contribution in [3.05, 3.63) is 42.1 Å². The normalized spacial score (nSPS) is 23.5. The summed E-state index contributed by atoms with van der Waals surface area (Å²) in [7, 11) is 0. The van der Waals surface area contributed by atoms with Gasteiger partial charge in [0.05, 0.1) is 18.0 Å². The van der Waals surface area contributed by atoms with E-state index in [-0.39, 0.29) is 5.54 Å². The Morgan fingerprint density at radius 1 is 1.16 bits per heavy atom. The lowest BCUT2D eigenvalue weighted by Crippen LogP contribution is -2.74. The van der Waals surface area contributed by atoms with Crippen LogP contribution in [0.5, 0.6) is 0 Å². The van der Waals surface area contributed by atoms with Gasteiger partial charge < -0.3 is 10.2 Å². The van der Waals surface area contributed by atoms with Crippen LogP contribution in [0, 0.1) is 18.3 Å². The van der Waals surface area contributed by atoms with Crippen molar-refractivity contribution in [2.24, 2.45) is 0 Å². The summed E-state index contributed by atoms with van der Waals surface area (Å²) in [5.74, 6) is 1.58. The number of rotatable bonds is 5. The third-order valence-electron chi connectivity index (χ3n) is 7.16. The van der Waals surface area contributed by atoms with E-state index in [1.54, 1.807) is 0 Å². The number of aromatic nitrogens is 2. The highest BCUT2D eigenvalue weighted by Gasteiger charge is 2.50. The average molecular weight is 418 g/mol. The topological polar surface area (TPSA) is 71.3 Å². The fourth-order valence-corrected chi connectivity index (χ4v) is 5.44. The molecule has 0 amide bonds. The van der Waals surface area contributed by atoms with Crippen LogP contribution < -0.4 is 10.2 Å². The first-order valence-corrected chi connectivity index (χ1v) is 11.4. The highest BCUT2D eigenvalue weighted by Crippen LogP contribution is 2.37. The van der Waals surface area contributed by atoms with E-state index in [9.17, 15) is 5.26 Å². The van der Waals surface area contributed by atoms with Gasteiger partial charge in [0, 0.05) is 56.2 Å². The molecule has 7 nitrogen and oxygen atoms in total. The molecule has 0 saturated carbocycles. The first-order valence-electron chi connectivity index (χ1n) is 11.4. The molecular weight excluding hydrogens is 386 g/mol. The number of piperazine rings is 1. The summed E-state index contributed by atoms with van der Waals surface area (Å²) in [6, 6.07) is 13.1. The first-order chi connectivity index (χ1) is 15.2. The molecule has 1 aromatic carbocycles. The van der Waals surface area contributed by atoms with Crippen molar-refractivity contribution in [3.8, 4) is 6.07 Å². The van der Waals surface area contributed by atoms with Crippen LogP contribution >= 0.6 is 0 Å². The standard InChI is InChI=1S/C24H31N7/c1-19-15-26-23(27-20-7-3-2-4-8-20)28-22(19)30-17-24(18-30,10-11-25)31-14-13-29-12-6-5-9-21(29)16-31/h2-4,7-8,15,21H,5-6,9-10,12-14,16-18H2,1H3,(H,26,27,28)/t21-/m0/s1. The molecule has 3 aliphatic rings. The number of nitrogens with one attached hydrogen (secondary N) is 1. The number of anilines is 3. The molecule has 1 aromatic heterocycles. The molecule has 3 fully saturated rings. The fourth-order valence-electron chi connectivity index (χ4n) is 5.44. The lowest BCUT2D eigenvalue weighted by atomic mass is 9.82. The molecule has 162 valence electrons. The maximum atomic E-state index is 9.61. The first kappa shape index (κ1) is 20.2. The molecule has 7 heteroatoms. The summed E-state index contributed by atoms with van der Waals surface area (Å²) in [6.45, 7) is 8.32. The molecule has 0 radical (unpaired) electrons. The molecular formula is C24H31N7. The molecule has 31 heavy (non-hydrogen) atoms. The van der Waals surface area contributed by atoms with Crippen molar-refractivity contribution in [1.82, 2.24) is 19.8 Å². The number of nitrogens with zero attached hydrogens (tertiary/aromatic N) is 6. The second kappa shape index (κ2) is 8.45. The lowest BCUT2D eigenvalue weighted by molar-refractivity contribution is -0.0249. The van der Waals surface area contributed by atoms with Gasteiger partial charge in [0.25, 0.3) is 0 Å². The Labute approximate surface area is 184 Å². The minimum absolute atomic E-state index is 0.0529. The molecule has 3 saturated heterocycles. The maximum absolute atomic E-state index is 9.61. The molecule has 5 rings (SSSR count). The van der Waals surface area contributed by atoms with Crippen LogP contribution in [-0.2, 0) is 0 Å². The lowest BCUT2D eigenvalue weighted by Gasteiger charge is -2.59. The zero-order valence-electron chi connectivity index (χ0n) is 18.3. The van der Waals surface area contributed by atoms with Crippen molar-refractivity contribution in [2.75, 3.05) is 49.5 Å². The van der Waals surface area contributed by atoms with E-state index >= 15 is 0 Å². The minimum Gasteiger partial charge on any atom is -0.352 e. The molecule has 2 aromatic rings. The molecule has 0 bridgehead atoms. The van der Waals surface area contributed by atoms with Gasteiger partial charge in [-0.2, -0.15) is 10.2 Å². The number of hydrogen-bond donors (Lipinski definition) is 1. The predicted octanol–water partition coefficient (Wildman–Crippen LogP) is 3.17. The summed E-state index contributed by atoms with van der Waals surface area (Å²) in [5.41, 5.74) is 1.99. The fraction of sp³-hybridized carbons (Fsp3) is 0.542. The van der Waals surface area contributed by atoms with Crippen molar-refractivity contribution in [1.29, 1.82) is 5.26 Å². The molecule has 1 atom stereocenters.